The van der Waals surface area contributed by atoms with Gasteiger partial charge in [0.05, 0.1) is 6.10 Å². The summed E-state index contributed by atoms with van der Waals surface area (Å²) in [5.74, 6) is -7.68. The van der Waals surface area contributed by atoms with Crippen LogP contribution < -0.4 is 0 Å². The summed E-state index contributed by atoms with van der Waals surface area (Å²) in [5.41, 5.74) is -0.668. The Labute approximate surface area is 149 Å². The third-order valence-corrected chi connectivity index (χ3v) is 4.20. The van der Waals surface area contributed by atoms with Crippen LogP contribution in [0, 0.1) is 0 Å². The minimum absolute atomic E-state index is 0.605. The van der Waals surface area contributed by atoms with Crippen molar-refractivity contribution in [3.63, 3.8) is 0 Å². The molecule has 0 amide bonds. The Balaban J connectivity index is 3.27. The lowest BCUT2D eigenvalue weighted by atomic mass is 9.92. The zero-order valence-corrected chi connectivity index (χ0v) is 14.8. The monoisotopic (exact) mass is 440 g/mol. The van der Waals surface area contributed by atoms with Gasteiger partial charge in [-0.1, -0.05) is 0 Å². The average molecular weight is 440 g/mol. The van der Waals surface area contributed by atoms with Crippen LogP contribution in [0.2, 0.25) is 0 Å². The van der Waals surface area contributed by atoms with Gasteiger partial charge in [-0.3, -0.25) is 4.52 Å². The average Bonchev–Trinajstić information content (AvgIpc) is 2.47. The second-order valence-electron chi connectivity index (χ2n) is 5.18. The molecule has 27 heavy (non-hydrogen) atoms. The summed E-state index contributed by atoms with van der Waals surface area (Å²) >= 11 is 0. The minimum atomic E-state index is -5.64. The predicted octanol–water partition coefficient (Wildman–Crippen LogP) is -1.52. The lowest BCUT2D eigenvalue weighted by Crippen LogP contribution is -2.53. The molecule has 0 aliphatic heterocycles. The van der Waals surface area contributed by atoms with E-state index in [9.17, 15) is 28.2 Å². The number of carboxylic acid groups (broad SMARTS) is 2. The third kappa shape index (κ3) is 6.69. The number of halogens is 1. The van der Waals surface area contributed by atoms with E-state index >= 15 is 0 Å². The Kier molecular flexibility index (Phi) is 7.41. The molecule has 14 nitrogen and oxygen atoms in total. The van der Waals surface area contributed by atoms with E-state index in [2.05, 4.69) is 13.8 Å². The molecule has 0 aromatic heterocycles. The Morgan fingerprint density at radius 3 is 2.11 bits per heavy atom. The molecule has 4 atom stereocenters. The first-order valence-corrected chi connectivity index (χ1v) is 9.76. The standard InChI is InChI=1S/C10H15FO14P2/c11-3-10(9(15)16,25-27(20,21)22)23-5-1-4(8(13)14)2-6(7(5)12)24-26(17,18)19/h2,5-7,12H,1,3H2,(H,13,14)(H,15,16)(H2,17,18,19)(H2,20,21,22)/t5-,6-,7+,10+/m1/s1. The molecule has 0 radical (unpaired) electrons. The Morgan fingerprint density at radius 1 is 1.19 bits per heavy atom. The number of carboxylic acids is 2. The molecule has 17 heteroatoms. The highest BCUT2D eigenvalue weighted by atomic mass is 31.2. The maximum Gasteiger partial charge on any atom is 0.472 e. The summed E-state index contributed by atoms with van der Waals surface area (Å²) in [6.07, 6.45) is -6.47. The van der Waals surface area contributed by atoms with Crippen LogP contribution in [0.1, 0.15) is 6.42 Å². The summed E-state index contributed by atoms with van der Waals surface area (Å²) in [6, 6.07) is 0. The number of ether oxygens (including phenoxy) is 1. The number of aliphatic hydroxyl groups excluding tert-OH is 1. The second-order valence-corrected chi connectivity index (χ2v) is 7.54. The number of phosphoric acid groups is 2. The van der Waals surface area contributed by atoms with Crippen molar-refractivity contribution in [1.29, 1.82) is 0 Å². The fourth-order valence-corrected chi connectivity index (χ4v) is 3.15. The molecule has 0 aromatic rings. The van der Waals surface area contributed by atoms with E-state index in [1.165, 1.54) is 0 Å². The van der Waals surface area contributed by atoms with Crippen LogP contribution in [-0.4, -0.2) is 77.6 Å². The fraction of sp³-hybridized carbons (Fsp3) is 0.600. The van der Waals surface area contributed by atoms with Gasteiger partial charge in [0.25, 0.3) is 0 Å². The summed E-state index contributed by atoms with van der Waals surface area (Å²) in [5, 5.41) is 28.1. The molecule has 0 unspecified atom stereocenters. The smallest absolute Gasteiger partial charge is 0.472 e. The van der Waals surface area contributed by atoms with Crippen LogP contribution in [0.5, 0.6) is 0 Å². The molecular weight excluding hydrogens is 425 g/mol. The summed E-state index contributed by atoms with van der Waals surface area (Å²) < 4.78 is 47.7. The normalized spacial score (nSPS) is 26.1. The van der Waals surface area contributed by atoms with Crippen LogP contribution in [0.15, 0.2) is 11.6 Å². The van der Waals surface area contributed by atoms with Crippen molar-refractivity contribution >= 4 is 27.6 Å². The molecule has 0 bridgehead atoms. The number of carbonyl (C=O) groups is 2. The molecule has 0 fully saturated rings. The van der Waals surface area contributed by atoms with Gasteiger partial charge in [-0.25, -0.2) is 27.6 Å². The number of rotatable bonds is 9. The van der Waals surface area contributed by atoms with E-state index in [0.717, 1.165) is 0 Å². The van der Waals surface area contributed by atoms with Crippen molar-refractivity contribution in [3.05, 3.63) is 11.6 Å². The molecule has 0 saturated carbocycles. The van der Waals surface area contributed by atoms with Gasteiger partial charge in [0.15, 0.2) is 6.67 Å². The van der Waals surface area contributed by atoms with E-state index in [1.807, 2.05) is 0 Å². The van der Waals surface area contributed by atoms with E-state index in [-0.39, 0.29) is 0 Å². The van der Waals surface area contributed by atoms with Crippen LogP contribution >= 0.6 is 15.6 Å². The topological polar surface area (TPSA) is 238 Å². The summed E-state index contributed by atoms with van der Waals surface area (Å²) in [7, 11) is -10.9. The van der Waals surface area contributed by atoms with Crippen molar-refractivity contribution in [2.45, 2.75) is 30.5 Å². The van der Waals surface area contributed by atoms with Gasteiger partial charge in [0.1, 0.15) is 12.2 Å². The molecule has 0 heterocycles. The van der Waals surface area contributed by atoms with E-state index in [4.69, 9.17) is 29.8 Å². The number of phosphoric ester groups is 2. The van der Waals surface area contributed by atoms with Crippen molar-refractivity contribution in [2.75, 3.05) is 6.67 Å². The van der Waals surface area contributed by atoms with Crippen LogP contribution in [0.25, 0.3) is 0 Å². The van der Waals surface area contributed by atoms with Crippen molar-refractivity contribution in [3.8, 4) is 0 Å². The largest absolute Gasteiger partial charge is 0.478 e. The first-order chi connectivity index (χ1) is 12.1. The molecule has 0 saturated heterocycles. The van der Waals surface area contributed by atoms with Gasteiger partial charge in [-0.05, 0) is 6.08 Å². The van der Waals surface area contributed by atoms with Gasteiger partial charge >= 0.3 is 33.4 Å². The summed E-state index contributed by atoms with van der Waals surface area (Å²) in [4.78, 5) is 57.5. The van der Waals surface area contributed by atoms with Crippen molar-refractivity contribution in [2.24, 2.45) is 0 Å². The second kappa shape index (κ2) is 8.41. The van der Waals surface area contributed by atoms with Crippen molar-refractivity contribution in [1.82, 2.24) is 0 Å². The number of aliphatic carboxylic acids is 2. The minimum Gasteiger partial charge on any atom is -0.478 e. The summed E-state index contributed by atoms with van der Waals surface area (Å²) in [6.45, 7) is -2.17. The van der Waals surface area contributed by atoms with Crippen LogP contribution in [0.4, 0.5) is 4.39 Å². The third-order valence-electron chi connectivity index (χ3n) is 3.15. The predicted molar refractivity (Wildman–Crippen MR) is 77.6 cm³/mol. The number of hydrogen-bond acceptors (Lipinski definition) is 8. The Bertz CT molecular complexity index is 711. The molecule has 0 aromatic carbocycles. The quantitative estimate of drug-likeness (QED) is 0.159. The van der Waals surface area contributed by atoms with Crippen LogP contribution in [0.3, 0.4) is 0 Å². The maximum atomic E-state index is 13.3. The van der Waals surface area contributed by atoms with Gasteiger partial charge in [-0.15, -0.1) is 0 Å². The molecule has 1 rings (SSSR count). The van der Waals surface area contributed by atoms with Gasteiger partial charge in [0, 0.05) is 12.0 Å². The van der Waals surface area contributed by atoms with Crippen LogP contribution in [-0.2, 0) is 32.5 Å². The Morgan fingerprint density at radius 2 is 1.74 bits per heavy atom. The highest BCUT2D eigenvalue weighted by Gasteiger charge is 2.52. The fourth-order valence-electron chi connectivity index (χ4n) is 2.10. The zero-order chi connectivity index (χ0) is 21.2. The highest BCUT2D eigenvalue weighted by molar-refractivity contribution is 7.46. The van der Waals surface area contributed by atoms with Gasteiger partial charge in [-0.2, -0.15) is 0 Å². The first kappa shape index (κ1) is 23.8. The SMILES string of the molecule is O=C(O)C1=C[C@@H](OP(=O)(O)O)[C@@H](O)[C@H](O[C@@](CF)(OP(=O)(O)O)C(=O)O)C1. The lowest BCUT2D eigenvalue weighted by Gasteiger charge is -2.37. The highest BCUT2D eigenvalue weighted by Crippen LogP contribution is 2.45. The molecule has 1 aliphatic rings. The van der Waals surface area contributed by atoms with Gasteiger partial charge < -0.3 is 39.6 Å². The number of hydrogen-bond donors (Lipinski definition) is 7. The maximum absolute atomic E-state index is 13.3. The number of aliphatic hydroxyl groups is 1. The molecule has 7 N–H and O–H groups in total. The van der Waals surface area contributed by atoms with E-state index in [0.29, 0.717) is 6.08 Å². The molecule has 156 valence electrons. The Hall–Kier alpha value is -1.25. The lowest BCUT2D eigenvalue weighted by molar-refractivity contribution is -0.252. The number of alkyl halides is 1. The molecule has 1 aliphatic carbocycles. The van der Waals surface area contributed by atoms with Crippen molar-refractivity contribution < 1.29 is 71.8 Å². The first-order valence-electron chi connectivity index (χ1n) is 6.69. The molecular formula is C10H15FO14P2. The van der Waals surface area contributed by atoms with E-state index in [1.54, 1.807) is 0 Å². The zero-order valence-electron chi connectivity index (χ0n) is 13.0. The van der Waals surface area contributed by atoms with E-state index < -0.39 is 70.4 Å². The molecule has 0 spiro atoms. The van der Waals surface area contributed by atoms with Gasteiger partial charge in [0.2, 0.25) is 0 Å².